The van der Waals surface area contributed by atoms with E-state index in [9.17, 15) is 9.90 Å². The van der Waals surface area contributed by atoms with Gasteiger partial charge in [-0.05, 0) is 91.1 Å². The summed E-state index contributed by atoms with van der Waals surface area (Å²) in [7, 11) is 0. The largest absolute Gasteiger partial charge is 0.508 e. The second kappa shape index (κ2) is 9.50. The standard InChI is InChI=1S/C29H34N4O2/c34-23-12-9-20(10-13-23)18-30-31-28(35)19-32-15-16-33-26-14-11-22(21-5-2-1-3-6-21)17-25(26)24-7-4-8-27(32)29(24)33/h9-14,17-18,21,27,34H,1-8,15-16,19H2,(H,31,35)/b30-18+/t27-/m1/s1. The van der Waals surface area contributed by atoms with Crippen molar-refractivity contribution in [3.05, 3.63) is 64.8 Å². The van der Waals surface area contributed by atoms with E-state index in [1.807, 2.05) is 0 Å². The van der Waals surface area contributed by atoms with Crippen LogP contribution in [-0.2, 0) is 17.8 Å². The number of carbonyl (C=O) groups is 1. The topological polar surface area (TPSA) is 69.9 Å². The quantitative estimate of drug-likeness (QED) is 0.396. The number of aryl methyl sites for hydroxylation is 1. The lowest BCUT2D eigenvalue weighted by Crippen LogP contribution is -2.44. The van der Waals surface area contributed by atoms with Crippen LogP contribution in [0.5, 0.6) is 5.75 Å². The lowest BCUT2D eigenvalue weighted by Gasteiger charge is -2.39. The maximum atomic E-state index is 12.7. The predicted molar refractivity (Wildman–Crippen MR) is 139 cm³/mol. The van der Waals surface area contributed by atoms with Crippen molar-refractivity contribution in [3.63, 3.8) is 0 Å². The van der Waals surface area contributed by atoms with Crippen molar-refractivity contribution in [3.8, 4) is 5.75 Å². The summed E-state index contributed by atoms with van der Waals surface area (Å²) >= 11 is 0. The van der Waals surface area contributed by atoms with Crippen LogP contribution in [0.1, 0.15) is 79.3 Å². The Hall–Kier alpha value is -3.12. The van der Waals surface area contributed by atoms with Gasteiger partial charge >= 0.3 is 0 Å². The van der Waals surface area contributed by atoms with Crippen LogP contribution in [0.3, 0.4) is 0 Å². The van der Waals surface area contributed by atoms with Gasteiger partial charge in [0.05, 0.1) is 18.8 Å². The van der Waals surface area contributed by atoms with Crippen molar-refractivity contribution in [1.29, 1.82) is 0 Å². The minimum Gasteiger partial charge on any atom is -0.508 e. The first-order chi connectivity index (χ1) is 17.2. The number of nitrogens with zero attached hydrogens (tertiary/aromatic N) is 3. The molecule has 0 radical (unpaired) electrons. The van der Waals surface area contributed by atoms with Gasteiger partial charge in [0.2, 0.25) is 0 Å². The molecular weight excluding hydrogens is 436 g/mol. The van der Waals surface area contributed by atoms with E-state index >= 15 is 0 Å². The Morgan fingerprint density at radius 3 is 2.69 bits per heavy atom. The fourth-order valence-corrected chi connectivity index (χ4v) is 6.53. The van der Waals surface area contributed by atoms with E-state index in [1.165, 1.54) is 66.2 Å². The highest BCUT2D eigenvalue weighted by Gasteiger charge is 2.35. The Morgan fingerprint density at radius 2 is 1.86 bits per heavy atom. The number of aromatic hydroxyl groups is 1. The molecule has 2 heterocycles. The summed E-state index contributed by atoms with van der Waals surface area (Å²) in [5, 5.41) is 15.0. The minimum absolute atomic E-state index is 0.0868. The molecule has 6 heteroatoms. The van der Waals surface area contributed by atoms with E-state index in [0.29, 0.717) is 12.6 Å². The third-order valence-corrected chi connectivity index (χ3v) is 8.23. The molecule has 3 aromatic rings. The number of phenolic OH excluding ortho intramolecular Hbond substituents is 1. The van der Waals surface area contributed by atoms with Gasteiger partial charge < -0.3 is 9.67 Å². The lowest BCUT2D eigenvalue weighted by molar-refractivity contribution is -0.123. The van der Waals surface area contributed by atoms with Crippen LogP contribution in [0.15, 0.2) is 47.6 Å². The molecule has 35 heavy (non-hydrogen) atoms. The number of hydrogen-bond acceptors (Lipinski definition) is 4. The third-order valence-electron chi connectivity index (χ3n) is 8.23. The van der Waals surface area contributed by atoms with Gasteiger partial charge in [-0.2, -0.15) is 5.10 Å². The van der Waals surface area contributed by atoms with Crippen LogP contribution in [0.25, 0.3) is 10.9 Å². The molecule has 2 aliphatic carbocycles. The van der Waals surface area contributed by atoms with E-state index in [-0.39, 0.29) is 11.7 Å². The summed E-state index contributed by atoms with van der Waals surface area (Å²) < 4.78 is 2.54. The van der Waals surface area contributed by atoms with Crippen LogP contribution in [0.4, 0.5) is 0 Å². The van der Waals surface area contributed by atoms with Gasteiger partial charge in [-0.3, -0.25) is 9.69 Å². The first-order valence-electron chi connectivity index (χ1n) is 13.2. The van der Waals surface area contributed by atoms with Crippen LogP contribution in [0, 0.1) is 0 Å². The monoisotopic (exact) mass is 470 g/mol. The zero-order chi connectivity index (χ0) is 23.8. The second-order valence-corrected chi connectivity index (χ2v) is 10.4. The molecule has 1 aromatic heterocycles. The highest BCUT2D eigenvalue weighted by molar-refractivity contribution is 5.87. The predicted octanol–water partition coefficient (Wildman–Crippen LogP) is 5.24. The van der Waals surface area contributed by atoms with Crippen molar-refractivity contribution in [2.24, 2.45) is 5.10 Å². The van der Waals surface area contributed by atoms with Crippen molar-refractivity contribution in [1.82, 2.24) is 14.9 Å². The molecule has 0 saturated heterocycles. The molecule has 0 unspecified atom stereocenters. The van der Waals surface area contributed by atoms with Gasteiger partial charge in [0, 0.05) is 29.7 Å². The second-order valence-electron chi connectivity index (χ2n) is 10.4. The van der Waals surface area contributed by atoms with Crippen molar-refractivity contribution in [2.75, 3.05) is 13.1 Å². The van der Waals surface area contributed by atoms with E-state index in [0.717, 1.165) is 37.4 Å². The molecule has 1 fully saturated rings. The lowest BCUT2D eigenvalue weighted by atomic mass is 9.83. The number of hydrogen-bond donors (Lipinski definition) is 2. The Balaban J connectivity index is 1.20. The summed E-state index contributed by atoms with van der Waals surface area (Å²) in [6, 6.07) is 14.3. The van der Waals surface area contributed by atoms with E-state index in [2.05, 4.69) is 38.2 Å². The molecule has 182 valence electrons. The molecule has 1 aliphatic heterocycles. The molecular formula is C29H34N4O2. The van der Waals surface area contributed by atoms with Gasteiger partial charge in [0.15, 0.2) is 0 Å². The minimum atomic E-state index is -0.0868. The molecule has 1 saturated carbocycles. The molecule has 3 aliphatic rings. The number of fused-ring (bicyclic) bond motifs is 3. The van der Waals surface area contributed by atoms with Gasteiger partial charge in [-0.15, -0.1) is 0 Å². The summed E-state index contributed by atoms with van der Waals surface area (Å²) in [4.78, 5) is 15.0. The molecule has 2 aromatic carbocycles. The van der Waals surface area contributed by atoms with Gasteiger partial charge in [0.1, 0.15) is 5.75 Å². The van der Waals surface area contributed by atoms with Crippen LogP contribution < -0.4 is 5.43 Å². The smallest absolute Gasteiger partial charge is 0.254 e. The Labute approximate surface area is 206 Å². The van der Waals surface area contributed by atoms with Crippen LogP contribution in [0.2, 0.25) is 0 Å². The number of nitrogens with one attached hydrogen (secondary N) is 1. The zero-order valence-corrected chi connectivity index (χ0v) is 20.2. The number of rotatable bonds is 5. The highest BCUT2D eigenvalue weighted by Crippen LogP contribution is 2.44. The first kappa shape index (κ1) is 22.4. The maximum Gasteiger partial charge on any atom is 0.254 e. The van der Waals surface area contributed by atoms with Crippen molar-refractivity contribution < 1.29 is 9.90 Å². The molecule has 0 bridgehead atoms. The highest BCUT2D eigenvalue weighted by atomic mass is 16.3. The molecule has 6 rings (SSSR count). The molecule has 2 N–H and O–H groups in total. The average Bonchev–Trinajstić information content (AvgIpc) is 3.22. The maximum absolute atomic E-state index is 12.7. The number of amides is 1. The first-order valence-corrected chi connectivity index (χ1v) is 13.2. The number of phenols is 1. The van der Waals surface area contributed by atoms with Gasteiger partial charge in [0.25, 0.3) is 5.91 Å². The summed E-state index contributed by atoms with van der Waals surface area (Å²) in [6.45, 7) is 2.15. The Bertz CT molecular complexity index is 1250. The van der Waals surface area contributed by atoms with Crippen LogP contribution in [-0.4, -0.2) is 39.8 Å². The SMILES string of the molecule is O=C(CN1CCn2c3c(c4cc(C5CCCCC5)ccc42)CCC[C@H]31)N/N=C/c1ccc(O)cc1. The molecule has 0 spiro atoms. The Morgan fingerprint density at radius 1 is 1.03 bits per heavy atom. The van der Waals surface area contributed by atoms with E-state index in [1.54, 1.807) is 30.5 Å². The normalized spacial score (nSPS) is 20.9. The number of carbonyl (C=O) groups excluding carboxylic acids is 1. The summed E-state index contributed by atoms with van der Waals surface area (Å²) in [5.74, 6) is 0.848. The summed E-state index contributed by atoms with van der Waals surface area (Å²) in [6.07, 6.45) is 11.8. The average molecular weight is 471 g/mol. The number of aromatic nitrogens is 1. The van der Waals surface area contributed by atoms with Gasteiger partial charge in [-0.25, -0.2) is 5.43 Å². The Kier molecular flexibility index (Phi) is 6.06. The summed E-state index contributed by atoms with van der Waals surface area (Å²) in [5.41, 5.74) is 9.38. The third kappa shape index (κ3) is 4.36. The molecule has 1 atom stereocenters. The van der Waals surface area contributed by atoms with Crippen molar-refractivity contribution >= 4 is 23.0 Å². The number of hydrazone groups is 1. The molecule has 1 amide bonds. The fraction of sp³-hybridized carbons (Fsp3) is 0.448. The number of benzene rings is 2. The van der Waals surface area contributed by atoms with E-state index < -0.39 is 0 Å². The van der Waals surface area contributed by atoms with E-state index in [4.69, 9.17) is 0 Å². The van der Waals surface area contributed by atoms with Gasteiger partial charge in [-0.1, -0.05) is 25.3 Å². The van der Waals surface area contributed by atoms with Crippen LogP contribution >= 0.6 is 0 Å². The molecule has 6 nitrogen and oxygen atoms in total. The zero-order valence-electron chi connectivity index (χ0n) is 20.2. The van der Waals surface area contributed by atoms with Crippen molar-refractivity contribution in [2.45, 2.75) is 69.9 Å². The fourth-order valence-electron chi connectivity index (χ4n) is 6.53.